The minimum absolute atomic E-state index is 0. The van der Waals surface area contributed by atoms with Crippen LogP contribution in [0, 0.1) is 0 Å². The van der Waals surface area contributed by atoms with Crippen molar-refractivity contribution < 1.29 is 13.5 Å². The number of phenols is 1. The van der Waals surface area contributed by atoms with E-state index in [9.17, 15) is 8.42 Å². The number of hydrogen-bond donors (Lipinski definition) is 2. The van der Waals surface area contributed by atoms with Gasteiger partial charge in [-0.25, -0.2) is 8.42 Å². The zero-order chi connectivity index (χ0) is 9.35. The van der Waals surface area contributed by atoms with Crippen molar-refractivity contribution in [1.29, 1.82) is 0 Å². The first kappa shape index (κ1) is 13.6. The van der Waals surface area contributed by atoms with Gasteiger partial charge < -0.3 is 5.11 Å². The molecule has 0 bridgehead atoms. The van der Waals surface area contributed by atoms with Crippen molar-refractivity contribution in [3.8, 4) is 5.75 Å². The van der Waals surface area contributed by atoms with Crippen molar-refractivity contribution in [2.75, 3.05) is 0 Å². The fraction of sp³-hybridized carbons (Fsp3) is 0. The molecule has 0 saturated heterocycles. The molecule has 0 fully saturated rings. The molecule has 1 rings (SSSR count). The molecule has 0 amide bonds. The quantitative estimate of drug-likeness (QED) is 0.446. The standard InChI is InChI=1S/C6H5ClO3S2.Na/c7-12(9,10)4-1-2-6(11)5(8)3-4;/h1-3,8,11H;. The number of hydrogen-bond acceptors (Lipinski definition) is 4. The first-order chi connectivity index (χ1) is 5.41. The van der Waals surface area contributed by atoms with Crippen molar-refractivity contribution in [1.82, 2.24) is 0 Å². The van der Waals surface area contributed by atoms with E-state index in [1.807, 2.05) is 0 Å². The molecular weight excluding hydrogens is 243 g/mol. The third kappa shape index (κ3) is 3.69. The van der Waals surface area contributed by atoms with E-state index < -0.39 is 9.05 Å². The van der Waals surface area contributed by atoms with Gasteiger partial charge >= 0.3 is 0 Å². The molecule has 1 radical (unpaired) electrons. The largest absolute Gasteiger partial charge is 0.507 e. The van der Waals surface area contributed by atoms with Crippen LogP contribution in [0.1, 0.15) is 0 Å². The second kappa shape index (κ2) is 4.91. The van der Waals surface area contributed by atoms with Crippen LogP contribution in [0.2, 0.25) is 0 Å². The van der Waals surface area contributed by atoms with Gasteiger partial charge in [-0.1, -0.05) is 0 Å². The third-order valence-electron chi connectivity index (χ3n) is 1.23. The number of rotatable bonds is 1. The normalized spacial score (nSPS) is 10.6. The molecule has 0 atom stereocenters. The predicted octanol–water partition coefficient (Wildman–Crippen LogP) is 1.23. The van der Waals surface area contributed by atoms with Crippen molar-refractivity contribution in [2.24, 2.45) is 0 Å². The molecule has 0 saturated carbocycles. The maximum absolute atomic E-state index is 10.7. The number of benzene rings is 1. The van der Waals surface area contributed by atoms with Crippen LogP contribution in [-0.4, -0.2) is 43.1 Å². The molecule has 13 heavy (non-hydrogen) atoms. The van der Waals surface area contributed by atoms with Gasteiger partial charge in [0.05, 0.1) is 4.90 Å². The Morgan fingerprint density at radius 3 is 2.31 bits per heavy atom. The SMILES string of the molecule is O=S(=O)(Cl)c1ccc(S)c(O)c1.[Na]. The first-order valence-electron chi connectivity index (χ1n) is 2.88. The van der Waals surface area contributed by atoms with Crippen molar-refractivity contribution in [2.45, 2.75) is 9.79 Å². The molecule has 3 nitrogen and oxygen atoms in total. The topological polar surface area (TPSA) is 54.4 Å². The van der Waals surface area contributed by atoms with Crippen LogP contribution >= 0.6 is 23.3 Å². The molecule has 0 spiro atoms. The Morgan fingerprint density at radius 1 is 1.38 bits per heavy atom. The summed E-state index contributed by atoms with van der Waals surface area (Å²) in [7, 11) is 1.26. The van der Waals surface area contributed by atoms with Crippen LogP contribution in [0.3, 0.4) is 0 Å². The minimum atomic E-state index is -3.76. The van der Waals surface area contributed by atoms with Crippen molar-refractivity contribution >= 4 is 61.9 Å². The summed E-state index contributed by atoms with van der Waals surface area (Å²) in [6.45, 7) is 0. The minimum Gasteiger partial charge on any atom is -0.507 e. The predicted molar refractivity (Wildman–Crippen MR) is 54.2 cm³/mol. The molecule has 0 aliphatic rings. The number of phenolic OH excluding ortho intramolecular Hbond substituents is 1. The van der Waals surface area contributed by atoms with Gasteiger partial charge in [-0.05, 0) is 12.1 Å². The van der Waals surface area contributed by atoms with Crippen LogP contribution < -0.4 is 0 Å². The van der Waals surface area contributed by atoms with E-state index in [1.165, 1.54) is 12.1 Å². The Kier molecular flexibility index (Phi) is 5.14. The summed E-state index contributed by atoms with van der Waals surface area (Å²) < 4.78 is 21.5. The summed E-state index contributed by atoms with van der Waals surface area (Å²) in [6.07, 6.45) is 0. The molecule has 0 unspecified atom stereocenters. The Hall–Kier alpha value is 0.610. The number of aromatic hydroxyl groups is 1. The molecule has 0 aliphatic carbocycles. The molecule has 0 aliphatic heterocycles. The average molecular weight is 248 g/mol. The van der Waals surface area contributed by atoms with E-state index in [-0.39, 0.29) is 40.2 Å². The van der Waals surface area contributed by atoms with Gasteiger partial charge in [0.25, 0.3) is 9.05 Å². The fourth-order valence-electron chi connectivity index (χ4n) is 0.655. The molecular formula is C6H5ClNaO3S2. The smallest absolute Gasteiger partial charge is 0.261 e. The van der Waals surface area contributed by atoms with E-state index in [4.69, 9.17) is 15.8 Å². The summed E-state index contributed by atoms with van der Waals surface area (Å²) in [5, 5.41) is 9.06. The molecule has 0 aromatic heterocycles. The summed E-state index contributed by atoms with van der Waals surface area (Å²) >= 11 is 3.85. The molecule has 0 heterocycles. The summed E-state index contributed by atoms with van der Waals surface area (Å²) in [5.74, 6) is -0.208. The molecule has 1 aromatic rings. The maximum Gasteiger partial charge on any atom is 0.261 e. The second-order valence-corrected chi connectivity index (χ2v) is 5.14. The van der Waals surface area contributed by atoms with E-state index in [0.717, 1.165) is 6.07 Å². The van der Waals surface area contributed by atoms with Crippen LogP contribution in [0.15, 0.2) is 28.0 Å². The Bertz CT molecular complexity index is 404. The fourth-order valence-corrected chi connectivity index (χ4v) is 1.56. The van der Waals surface area contributed by atoms with Crippen molar-refractivity contribution in [3.63, 3.8) is 0 Å². The summed E-state index contributed by atoms with van der Waals surface area (Å²) in [6, 6.07) is 3.67. The summed E-state index contributed by atoms with van der Waals surface area (Å²) in [4.78, 5) is 0.165. The van der Waals surface area contributed by atoms with Gasteiger partial charge in [0.15, 0.2) is 0 Å². The molecule has 7 heteroatoms. The Morgan fingerprint density at radius 2 is 1.92 bits per heavy atom. The molecule has 1 N–H and O–H groups in total. The van der Waals surface area contributed by atoms with Crippen molar-refractivity contribution in [3.05, 3.63) is 18.2 Å². The number of halogens is 1. The van der Waals surface area contributed by atoms with Crippen LogP contribution in [0.25, 0.3) is 0 Å². The van der Waals surface area contributed by atoms with Gasteiger partial charge in [-0.15, -0.1) is 12.6 Å². The average Bonchev–Trinajstić information content (AvgIpc) is 1.92. The monoisotopic (exact) mass is 247 g/mol. The van der Waals surface area contributed by atoms with E-state index >= 15 is 0 Å². The van der Waals surface area contributed by atoms with Crippen LogP contribution in [0.5, 0.6) is 5.75 Å². The Labute approximate surface area is 108 Å². The van der Waals surface area contributed by atoms with Gasteiger partial charge in [0.2, 0.25) is 0 Å². The van der Waals surface area contributed by atoms with Crippen LogP contribution in [-0.2, 0) is 9.05 Å². The maximum atomic E-state index is 10.7. The first-order valence-corrected chi connectivity index (χ1v) is 5.63. The zero-order valence-electron chi connectivity index (χ0n) is 6.73. The van der Waals surface area contributed by atoms with Gasteiger partial charge in [-0.3, -0.25) is 0 Å². The van der Waals surface area contributed by atoms with E-state index in [2.05, 4.69) is 12.6 Å². The Balaban J connectivity index is 0.00000144. The van der Waals surface area contributed by atoms with Gasteiger partial charge in [-0.2, -0.15) is 0 Å². The van der Waals surface area contributed by atoms with Gasteiger partial charge in [0, 0.05) is 51.2 Å². The van der Waals surface area contributed by atoms with E-state index in [0.29, 0.717) is 4.90 Å². The zero-order valence-corrected chi connectivity index (χ0v) is 11.2. The van der Waals surface area contributed by atoms with Crippen LogP contribution in [0.4, 0.5) is 0 Å². The second-order valence-electron chi connectivity index (χ2n) is 2.09. The molecule has 1 aromatic carbocycles. The molecule has 67 valence electrons. The number of thiol groups is 1. The van der Waals surface area contributed by atoms with Gasteiger partial charge in [0.1, 0.15) is 5.75 Å². The van der Waals surface area contributed by atoms with E-state index in [1.54, 1.807) is 0 Å². The third-order valence-corrected chi connectivity index (χ3v) is 2.96. The summed E-state index contributed by atoms with van der Waals surface area (Å²) in [5.41, 5.74) is 0.